The maximum atomic E-state index is 6.28. The molecule has 2 aromatic rings. The van der Waals surface area contributed by atoms with E-state index in [0.717, 1.165) is 27.0 Å². The van der Waals surface area contributed by atoms with Gasteiger partial charge < -0.3 is 4.74 Å². The molecule has 0 unspecified atom stereocenters. The summed E-state index contributed by atoms with van der Waals surface area (Å²) in [6.45, 7) is 6.90. The van der Waals surface area contributed by atoms with Crippen molar-refractivity contribution in [3.05, 3.63) is 38.7 Å². The molecule has 0 aliphatic rings. The van der Waals surface area contributed by atoms with Gasteiger partial charge in [0.25, 0.3) is 0 Å². The Morgan fingerprint density at radius 2 is 1.95 bits per heavy atom. The maximum Gasteiger partial charge on any atom is 0.164 e. The van der Waals surface area contributed by atoms with Crippen molar-refractivity contribution < 1.29 is 4.74 Å². The van der Waals surface area contributed by atoms with E-state index in [-0.39, 0.29) is 0 Å². The Kier molecular flexibility index (Phi) is 5.81. The van der Waals surface area contributed by atoms with Crippen LogP contribution in [0, 0.1) is 9.49 Å². The topological polar surface area (TPSA) is 35.0 Å². The number of rotatable bonds is 5. The Morgan fingerprint density at radius 3 is 2.62 bits per heavy atom. The first-order chi connectivity index (χ1) is 10.0. The second kappa shape index (κ2) is 7.40. The molecule has 0 radical (unpaired) electrons. The monoisotopic (exact) mass is 416 g/mol. The molecule has 0 aliphatic carbocycles. The quantitative estimate of drug-likeness (QED) is 0.508. The number of nitrogens with zero attached hydrogens (tertiary/aromatic N) is 2. The van der Waals surface area contributed by atoms with Gasteiger partial charge in [0.1, 0.15) is 10.9 Å². The van der Waals surface area contributed by atoms with Crippen LogP contribution in [0.3, 0.4) is 0 Å². The van der Waals surface area contributed by atoms with E-state index in [1.54, 1.807) is 0 Å². The number of benzene rings is 1. The van der Waals surface area contributed by atoms with Gasteiger partial charge in [-0.05, 0) is 54.0 Å². The summed E-state index contributed by atoms with van der Waals surface area (Å²) in [5.74, 6) is 1.92. The lowest BCUT2D eigenvalue weighted by atomic mass is 10.1. The largest absolute Gasteiger partial charge is 0.493 e. The van der Waals surface area contributed by atoms with Crippen LogP contribution in [-0.4, -0.2) is 16.6 Å². The molecule has 1 aromatic carbocycles. The summed E-state index contributed by atoms with van der Waals surface area (Å²) >= 11 is 8.49. The van der Waals surface area contributed by atoms with E-state index in [2.05, 4.69) is 41.4 Å². The highest BCUT2D eigenvalue weighted by molar-refractivity contribution is 14.1. The Balaban J connectivity index is 2.52. The number of ether oxygens (including phenoxy) is 1. The lowest BCUT2D eigenvalue weighted by molar-refractivity contribution is 0.341. The molecule has 0 spiro atoms. The van der Waals surface area contributed by atoms with Crippen LogP contribution in [0.4, 0.5) is 0 Å². The molecule has 0 amide bonds. The van der Waals surface area contributed by atoms with E-state index in [1.165, 1.54) is 0 Å². The number of hydrogen-bond acceptors (Lipinski definition) is 3. The van der Waals surface area contributed by atoms with Gasteiger partial charge in [-0.2, -0.15) is 0 Å². The highest BCUT2D eigenvalue weighted by Crippen LogP contribution is 2.30. The lowest BCUT2D eigenvalue weighted by Gasteiger charge is -2.12. The first-order valence-corrected chi connectivity index (χ1v) is 8.42. The predicted molar refractivity (Wildman–Crippen MR) is 94.9 cm³/mol. The van der Waals surface area contributed by atoms with Crippen molar-refractivity contribution in [2.24, 2.45) is 5.92 Å². The second-order valence-corrected chi connectivity index (χ2v) is 6.56. The Labute approximate surface area is 144 Å². The molecule has 0 bridgehead atoms. The van der Waals surface area contributed by atoms with Gasteiger partial charge in [0.05, 0.1) is 21.4 Å². The molecule has 112 valence electrons. The molecule has 5 heteroatoms. The van der Waals surface area contributed by atoms with Gasteiger partial charge in [-0.25, -0.2) is 9.97 Å². The summed E-state index contributed by atoms with van der Waals surface area (Å²) in [4.78, 5) is 9.12. The van der Waals surface area contributed by atoms with E-state index < -0.39 is 0 Å². The zero-order valence-electron chi connectivity index (χ0n) is 12.4. The van der Waals surface area contributed by atoms with E-state index in [9.17, 15) is 0 Å². The molecule has 1 aromatic heterocycles. The molecule has 0 saturated carbocycles. The molecule has 0 aliphatic heterocycles. The minimum Gasteiger partial charge on any atom is -0.493 e. The van der Waals surface area contributed by atoms with Crippen LogP contribution in [0.1, 0.15) is 26.5 Å². The summed E-state index contributed by atoms with van der Waals surface area (Å²) in [5, 5.41) is 0.502. The third-order valence-electron chi connectivity index (χ3n) is 2.91. The smallest absolute Gasteiger partial charge is 0.164 e. The molecule has 0 atom stereocenters. The summed E-state index contributed by atoms with van der Waals surface area (Å²) in [6, 6.07) is 7.78. The van der Waals surface area contributed by atoms with Gasteiger partial charge in [0.2, 0.25) is 0 Å². The van der Waals surface area contributed by atoms with Crippen molar-refractivity contribution in [1.29, 1.82) is 0 Å². The predicted octanol–water partition coefficient (Wildman–Crippen LogP) is 5.00. The Bertz CT molecular complexity index is 632. The van der Waals surface area contributed by atoms with E-state index >= 15 is 0 Å². The zero-order chi connectivity index (χ0) is 15.4. The average molecular weight is 417 g/mol. The van der Waals surface area contributed by atoms with E-state index in [1.807, 2.05) is 31.2 Å². The van der Waals surface area contributed by atoms with E-state index in [0.29, 0.717) is 23.5 Å². The molecule has 21 heavy (non-hydrogen) atoms. The fourth-order valence-electron chi connectivity index (χ4n) is 2.04. The minimum atomic E-state index is 0.502. The van der Waals surface area contributed by atoms with Crippen LogP contribution in [0.2, 0.25) is 5.15 Å². The maximum absolute atomic E-state index is 6.28. The second-order valence-electron chi connectivity index (χ2n) is 5.13. The van der Waals surface area contributed by atoms with Gasteiger partial charge in [0, 0.05) is 0 Å². The number of para-hydroxylation sites is 1. The van der Waals surface area contributed by atoms with Crippen molar-refractivity contribution in [1.82, 2.24) is 9.97 Å². The molecule has 0 N–H and O–H groups in total. The van der Waals surface area contributed by atoms with Gasteiger partial charge in [-0.3, -0.25) is 0 Å². The summed E-state index contributed by atoms with van der Waals surface area (Å²) in [7, 11) is 0. The first kappa shape index (κ1) is 16.5. The number of halogens is 2. The SMILES string of the molecule is CCOc1ccccc1-c1nc(Cl)c(I)c(CC(C)C)n1. The van der Waals surface area contributed by atoms with Gasteiger partial charge in [0.15, 0.2) is 5.82 Å². The number of hydrogen-bond donors (Lipinski definition) is 0. The van der Waals surface area contributed by atoms with Crippen molar-refractivity contribution in [2.75, 3.05) is 6.61 Å². The highest BCUT2D eigenvalue weighted by atomic mass is 127. The van der Waals surface area contributed by atoms with Crippen molar-refractivity contribution in [3.8, 4) is 17.1 Å². The van der Waals surface area contributed by atoms with Crippen molar-refractivity contribution in [3.63, 3.8) is 0 Å². The van der Waals surface area contributed by atoms with Crippen LogP contribution in [0.5, 0.6) is 5.75 Å². The fraction of sp³-hybridized carbons (Fsp3) is 0.375. The Morgan fingerprint density at radius 1 is 1.24 bits per heavy atom. The van der Waals surface area contributed by atoms with Crippen LogP contribution >= 0.6 is 34.2 Å². The molecule has 2 rings (SSSR count). The first-order valence-electron chi connectivity index (χ1n) is 6.97. The molecule has 1 heterocycles. The van der Waals surface area contributed by atoms with Gasteiger partial charge in [-0.15, -0.1) is 0 Å². The molecule has 3 nitrogen and oxygen atoms in total. The fourth-order valence-corrected chi connectivity index (χ4v) is 2.69. The zero-order valence-corrected chi connectivity index (χ0v) is 15.3. The standard InChI is InChI=1S/C16H18ClIN2O/c1-4-21-13-8-6-5-7-11(13)16-19-12(9-10(2)3)14(18)15(17)20-16/h5-8,10H,4,9H2,1-3H3. The van der Waals surface area contributed by atoms with E-state index in [4.69, 9.17) is 21.3 Å². The summed E-state index contributed by atoms with van der Waals surface area (Å²) in [6.07, 6.45) is 0.879. The highest BCUT2D eigenvalue weighted by Gasteiger charge is 2.15. The summed E-state index contributed by atoms with van der Waals surface area (Å²) in [5.41, 5.74) is 1.87. The average Bonchev–Trinajstić information content (AvgIpc) is 2.44. The van der Waals surface area contributed by atoms with Gasteiger partial charge in [-0.1, -0.05) is 37.6 Å². The molecular formula is C16H18ClIN2O. The van der Waals surface area contributed by atoms with Crippen LogP contribution < -0.4 is 4.74 Å². The summed E-state index contributed by atoms with van der Waals surface area (Å²) < 4.78 is 6.59. The van der Waals surface area contributed by atoms with Crippen LogP contribution in [-0.2, 0) is 6.42 Å². The molecule has 0 saturated heterocycles. The number of aromatic nitrogens is 2. The Hall–Kier alpha value is -0.880. The normalized spacial score (nSPS) is 11.0. The van der Waals surface area contributed by atoms with Crippen molar-refractivity contribution in [2.45, 2.75) is 27.2 Å². The third-order valence-corrected chi connectivity index (χ3v) is 4.63. The minimum absolute atomic E-state index is 0.502. The lowest BCUT2D eigenvalue weighted by Crippen LogP contribution is -2.05. The third kappa shape index (κ3) is 4.07. The van der Waals surface area contributed by atoms with Gasteiger partial charge >= 0.3 is 0 Å². The van der Waals surface area contributed by atoms with Crippen LogP contribution in [0.15, 0.2) is 24.3 Å². The molecule has 0 fully saturated rings. The molecular weight excluding hydrogens is 399 g/mol. The van der Waals surface area contributed by atoms with Crippen molar-refractivity contribution >= 4 is 34.2 Å². The van der Waals surface area contributed by atoms with Crippen LogP contribution in [0.25, 0.3) is 11.4 Å².